The fourth-order valence-corrected chi connectivity index (χ4v) is 4.35. The van der Waals surface area contributed by atoms with Crippen LogP contribution in [0.2, 0.25) is 0 Å². The maximum Gasteiger partial charge on any atom is 0.239 e. The molecule has 1 atom stereocenters. The molecule has 1 saturated heterocycles. The van der Waals surface area contributed by atoms with Crippen molar-refractivity contribution in [2.24, 2.45) is 0 Å². The summed E-state index contributed by atoms with van der Waals surface area (Å²) >= 11 is 4.07. The number of hydrogen-bond acceptors (Lipinski definition) is 6. The second-order valence-corrected chi connectivity index (χ2v) is 6.95. The van der Waals surface area contributed by atoms with E-state index in [-0.39, 0.29) is 0 Å². The van der Waals surface area contributed by atoms with E-state index in [4.69, 9.17) is 10.5 Å². The molecule has 3 N–H and O–H groups in total. The van der Waals surface area contributed by atoms with E-state index in [0.717, 1.165) is 18.8 Å². The number of hydrogen-bond donors (Lipinski definition) is 2. The molecule has 0 bridgehead atoms. The molecule has 4 nitrogen and oxygen atoms in total. The molecular weight excluding hydrogens is 278 g/mol. The van der Waals surface area contributed by atoms with Crippen molar-refractivity contribution in [3.63, 3.8) is 0 Å². The van der Waals surface area contributed by atoms with Gasteiger partial charge in [-0.05, 0) is 18.6 Å². The van der Waals surface area contributed by atoms with E-state index in [1.807, 2.05) is 35.7 Å². The molecule has 106 valence electrons. The highest BCUT2D eigenvalue weighted by Crippen LogP contribution is 2.25. The third-order valence-electron chi connectivity index (χ3n) is 2.73. The molecule has 0 saturated carbocycles. The Morgan fingerprint density at radius 1 is 1.47 bits per heavy atom. The highest BCUT2D eigenvalue weighted by Gasteiger charge is 2.14. The van der Waals surface area contributed by atoms with Crippen molar-refractivity contribution in [2.75, 3.05) is 41.5 Å². The van der Waals surface area contributed by atoms with Gasteiger partial charge in [0.25, 0.3) is 0 Å². The number of ether oxygens (including phenoxy) is 1. The average molecular weight is 299 g/mol. The molecule has 1 aromatic rings. The lowest BCUT2D eigenvalue weighted by Gasteiger charge is -2.21. The first-order valence-electron chi connectivity index (χ1n) is 6.62. The van der Waals surface area contributed by atoms with Crippen LogP contribution in [0, 0.1) is 0 Å². The summed E-state index contributed by atoms with van der Waals surface area (Å²) in [4.78, 5) is 4.42. The Morgan fingerprint density at radius 2 is 2.37 bits per heavy atom. The van der Waals surface area contributed by atoms with E-state index < -0.39 is 0 Å². The van der Waals surface area contributed by atoms with Gasteiger partial charge in [0.05, 0.1) is 12.3 Å². The maximum absolute atomic E-state index is 5.85. The van der Waals surface area contributed by atoms with Crippen LogP contribution in [0.15, 0.2) is 12.1 Å². The van der Waals surface area contributed by atoms with Gasteiger partial charge in [0.2, 0.25) is 5.88 Å². The van der Waals surface area contributed by atoms with Gasteiger partial charge in [-0.3, -0.25) is 0 Å². The van der Waals surface area contributed by atoms with E-state index >= 15 is 0 Å². The molecular formula is C13H21N3OS2. The molecule has 1 unspecified atom stereocenters. The van der Waals surface area contributed by atoms with Crippen LogP contribution in [-0.4, -0.2) is 40.6 Å². The summed E-state index contributed by atoms with van der Waals surface area (Å²) in [6.45, 7) is 3.66. The number of thioether (sulfide) groups is 2. The maximum atomic E-state index is 5.85. The van der Waals surface area contributed by atoms with Crippen LogP contribution < -0.4 is 15.8 Å². The summed E-state index contributed by atoms with van der Waals surface area (Å²) in [7, 11) is 0. The summed E-state index contributed by atoms with van der Waals surface area (Å²) in [5, 5.41) is 4.04. The zero-order valence-corrected chi connectivity index (χ0v) is 12.9. The van der Waals surface area contributed by atoms with Gasteiger partial charge in [-0.1, -0.05) is 6.92 Å². The monoisotopic (exact) mass is 299 g/mol. The lowest BCUT2D eigenvalue weighted by Crippen LogP contribution is -2.23. The normalized spacial score (nSPS) is 19.1. The van der Waals surface area contributed by atoms with Gasteiger partial charge in [0, 0.05) is 29.1 Å². The zero-order valence-electron chi connectivity index (χ0n) is 11.2. The Morgan fingerprint density at radius 3 is 3.11 bits per heavy atom. The van der Waals surface area contributed by atoms with Gasteiger partial charge >= 0.3 is 0 Å². The van der Waals surface area contributed by atoms with Gasteiger partial charge in [-0.25, -0.2) is 0 Å². The Labute approximate surface area is 123 Å². The molecule has 1 aliphatic heterocycles. The summed E-state index contributed by atoms with van der Waals surface area (Å²) in [6.07, 6.45) is 0.953. The fourth-order valence-electron chi connectivity index (χ4n) is 1.74. The number of nitrogen functional groups attached to an aromatic ring is 1. The number of nitrogens with two attached hydrogens (primary N) is 1. The third kappa shape index (κ3) is 4.69. The van der Waals surface area contributed by atoms with E-state index in [2.05, 4.69) is 17.2 Å². The SMILES string of the molecule is CCCOc1nc(NCC2CSCCS2)ccc1N. The van der Waals surface area contributed by atoms with Crippen molar-refractivity contribution < 1.29 is 4.74 Å². The van der Waals surface area contributed by atoms with E-state index in [1.54, 1.807) is 0 Å². The summed E-state index contributed by atoms with van der Waals surface area (Å²) < 4.78 is 5.53. The van der Waals surface area contributed by atoms with Crippen molar-refractivity contribution >= 4 is 35.0 Å². The Bertz CT molecular complexity index is 397. The number of pyridine rings is 1. The van der Waals surface area contributed by atoms with Gasteiger partial charge in [0.1, 0.15) is 5.82 Å². The Hall–Kier alpha value is -0.750. The summed E-state index contributed by atoms with van der Waals surface area (Å²) in [6, 6.07) is 3.76. The number of rotatable bonds is 6. The summed E-state index contributed by atoms with van der Waals surface area (Å²) in [5.74, 6) is 5.12. The number of aromatic nitrogens is 1. The Balaban J connectivity index is 1.88. The quantitative estimate of drug-likeness (QED) is 0.842. The number of nitrogens with one attached hydrogen (secondary N) is 1. The fraction of sp³-hybridized carbons (Fsp3) is 0.615. The average Bonchev–Trinajstić information content (AvgIpc) is 2.46. The predicted molar refractivity (Wildman–Crippen MR) is 86.5 cm³/mol. The number of anilines is 2. The molecule has 2 rings (SSSR count). The van der Waals surface area contributed by atoms with Gasteiger partial charge < -0.3 is 15.8 Å². The van der Waals surface area contributed by atoms with Crippen LogP contribution >= 0.6 is 23.5 Å². The van der Waals surface area contributed by atoms with Gasteiger partial charge in [-0.2, -0.15) is 28.5 Å². The van der Waals surface area contributed by atoms with Crippen molar-refractivity contribution in [3.8, 4) is 5.88 Å². The van der Waals surface area contributed by atoms with Crippen molar-refractivity contribution in [3.05, 3.63) is 12.1 Å². The first-order valence-corrected chi connectivity index (χ1v) is 8.82. The second-order valence-electron chi connectivity index (χ2n) is 4.39. The van der Waals surface area contributed by atoms with Crippen LogP contribution in [0.1, 0.15) is 13.3 Å². The van der Waals surface area contributed by atoms with E-state index in [9.17, 15) is 0 Å². The summed E-state index contributed by atoms with van der Waals surface area (Å²) in [5.41, 5.74) is 6.45. The van der Waals surface area contributed by atoms with Crippen LogP contribution in [0.5, 0.6) is 5.88 Å². The Kier molecular flexibility index (Phi) is 5.97. The molecule has 1 aliphatic rings. The van der Waals surface area contributed by atoms with Crippen molar-refractivity contribution in [1.82, 2.24) is 4.98 Å². The molecule has 0 aliphatic carbocycles. The molecule has 0 spiro atoms. The van der Waals surface area contributed by atoms with Crippen molar-refractivity contribution in [1.29, 1.82) is 0 Å². The third-order valence-corrected chi connectivity index (χ3v) is 5.57. The first kappa shape index (κ1) is 14.7. The zero-order chi connectivity index (χ0) is 13.5. The molecule has 2 heterocycles. The largest absolute Gasteiger partial charge is 0.476 e. The molecule has 6 heteroatoms. The van der Waals surface area contributed by atoms with Crippen LogP contribution in [0.25, 0.3) is 0 Å². The highest BCUT2D eigenvalue weighted by atomic mass is 32.2. The lowest BCUT2D eigenvalue weighted by molar-refractivity contribution is 0.307. The number of nitrogens with zero attached hydrogens (tertiary/aromatic N) is 1. The first-order chi connectivity index (χ1) is 9.29. The predicted octanol–water partition coefficient (Wildman–Crippen LogP) is 2.71. The molecule has 19 heavy (non-hydrogen) atoms. The minimum absolute atomic E-state index is 0.539. The van der Waals surface area contributed by atoms with E-state index in [1.165, 1.54) is 17.3 Å². The smallest absolute Gasteiger partial charge is 0.239 e. The molecule has 0 radical (unpaired) electrons. The van der Waals surface area contributed by atoms with Crippen LogP contribution in [0.3, 0.4) is 0 Å². The molecule has 0 aromatic carbocycles. The van der Waals surface area contributed by atoms with Crippen LogP contribution in [-0.2, 0) is 0 Å². The molecule has 1 aromatic heterocycles. The van der Waals surface area contributed by atoms with Gasteiger partial charge in [-0.15, -0.1) is 0 Å². The minimum atomic E-state index is 0.539. The second kappa shape index (κ2) is 7.75. The topological polar surface area (TPSA) is 60.2 Å². The minimum Gasteiger partial charge on any atom is -0.476 e. The van der Waals surface area contributed by atoms with Gasteiger partial charge in [0.15, 0.2) is 0 Å². The van der Waals surface area contributed by atoms with Crippen LogP contribution in [0.4, 0.5) is 11.5 Å². The standard InChI is InChI=1S/C13H21N3OS2/c1-2-5-17-13-11(14)3-4-12(16-13)15-8-10-9-18-6-7-19-10/h3-4,10H,2,5-9,14H2,1H3,(H,15,16). The lowest BCUT2D eigenvalue weighted by atomic mass is 10.4. The highest BCUT2D eigenvalue weighted by molar-refractivity contribution is 8.06. The van der Waals surface area contributed by atoms with E-state index in [0.29, 0.717) is 23.4 Å². The van der Waals surface area contributed by atoms with Crippen molar-refractivity contribution in [2.45, 2.75) is 18.6 Å². The molecule has 0 amide bonds. The molecule has 1 fully saturated rings.